The van der Waals surface area contributed by atoms with E-state index in [9.17, 15) is 0 Å². The molecular formula is C13H14N6O. The van der Waals surface area contributed by atoms with Crippen LogP contribution in [0.25, 0.3) is 17.0 Å². The predicted molar refractivity (Wildman–Crippen MR) is 74.6 cm³/mol. The van der Waals surface area contributed by atoms with Gasteiger partial charge in [-0.3, -0.25) is 4.57 Å². The molecule has 3 aromatic rings. The minimum Gasteiger partial charge on any atom is -0.461 e. The van der Waals surface area contributed by atoms with E-state index in [0.717, 1.165) is 11.0 Å². The Morgan fingerprint density at radius 2 is 1.95 bits per heavy atom. The Bertz CT molecular complexity index is 751. The standard InChI is InChI=1S/C13H14N6O/c1-8(2)20-13-17-11(14)16-12(18-13)19-7-15-9-5-3-4-6-10(9)19/h3-8H,1-2H3,(H2,14,16,17,18). The average molecular weight is 270 g/mol. The molecule has 0 atom stereocenters. The fourth-order valence-corrected chi connectivity index (χ4v) is 1.85. The van der Waals surface area contributed by atoms with Crippen LogP contribution in [0.1, 0.15) is 13.8 Å². The molecule has 20 heavy (non-hydrogen) atoms. The number of nitrogens with two attached hydrogens (primary N) is 1. The number of imidazole rings is 1. The van der Waals surface area contributed by atoms with Crippen molar-refractivity contribution in [2.24, 2.45) is 0 Å². The minimum atomic E-state index is -0.0378. The SMILES string of the molecule is CC(C)Oc1nc(N)nc(-n2cnc3ccccc32)n1. The van der Waals surface area contributed by atoms with Gasteiger partial charge in [-0.1, -0.05) is 12.1 Å². The highest BCUT2D eigenvalue weighted by atomic mass is 16.5. The van der Waals surface area contributed by atoms with Crippen molar-refractivity contribution in [3.63, 3.8) is 0 Å². The molecule has 0 fully saturated rings. The molecule has 2 aromatic heterocycles. The number of nitrogen functional groups attached to an aromatic ring is 1. The normalized spacial score (nSPS) is 11.2. The van der Waals surface area contributed by atoms with Crippen molar-refractivity contribution in [2.45, 2.75) is 20.0 Å². The number of rotatable bonds is 3. The van der Waals surface area contributed by atoms with Crippen molar-refractivity contribution < 1.29 is 4.74 Å². The summed E-state index contributed by atoms with van der Waals surface area (Å²) in [5.74, 6) is 0.505. The monoisotopic (exact) mass is 270 g/mol. The van der Waals surface area contributed by atoms with Gasteiger partial charge in [-0.15, -0.1) is 0 Å². The van der Waals surface area contributed by atoms with Gasteiger partial charge < -0.3 is 10.5 Å². The summed E-state index contributed by atoms with van der Waals surface area (Å²) in [6.45, 7) is 3.79. The van der Waals surface area contributed by atoms with E-state index in [1.807, 2.05) is 38.1 Å². The molecule has 7 heteroatoms. The second-order valence-corrected chi connectivity index (χ2v) is 4.55. The van der Waals surface area contributed by atoms with Gasteiger partial charge in [0.25, 0.3) is 0 Å². The number of hydrogen-bond donors (Lipinski definition) is 1. The van der Waals surface area contributed by atoms with Crippen LogP contribution in [0.3, 0.4) is 0 Å². The minimum absolute atomic E-state index is 0.0378. The molecule has 0 aliphatic rings. The first-order valence-corrected chi connectivity index (χ1v) is 6.24. The lowest BCUT2D eigenvalue weighted by molar-refractivity contribution is 0.221. The summed E-state index contributed by atoms with van der Waals surface area (Å²) in [5.41, 5.74) is 7.47. The first-order chi connectivity index (χ1) is 9.63. The van der Waals surface area contributed by atoms with Crippen LogP contribution in [0.15, 0.2) is 30.6 Å². The highest BCUT2D eigenvalue weighted by Crippen LogP contribution is 2.17. The van der Waals surface area contributed by atoms with Crippen molar-refractivity contribution in [3.05, 3.63) is 30.6 Å². The lowest BCUT2D eigenvalue weighted by Gasteiger charge is -2.09. The number of aromatic nitrogens is 5. The number of anilines is 1. The molecule has 7 nitrogen and oxygen atoms in total. The lowest BCUT2D eigenvalue weighted by Crippen LogP contribution is -2.12. The first-order valence-electron chi connectivity index (χ1n) is 6.24. The molecule has 0 spiro atoms. The third-order valence-electron chi connectivity index (χ3n) is 2.63. The Morgan fingerprint density at radius 1 is 1.15 bits per heavy atom. The van der Waals surface area contributed by atoms with Crippen molar-refractivity contribution in [1.82, 2.24) is 24.5 Å². The Morgan fingerprint density at radius 3 is 2.75 bits per heavy atom. The number of ether oxygens (including phenoxy) is 1. The fourth-order valence-electron chi connectivity index (χ4n) is 1.85. The van der Waals surface area contributed by atoms with E-state index in [1.165, 1.54) is 0 Å². The highest BCUT2D eigenvalue weighted by molar-refractivity contribution is 5.76. The zero-order valence-corrected chi connectivity index (χ0v) is 11.2. The number of benzene rings is 1. The van der Waals surface area contributed by atoms with Gasteiger partial charge in [-0.25, -0.2) is 4.98 Å². The summed E-state index contributed by atoms with van der Waals surface area (Å²) < 4.78 is 7.22. The lowest BCUT2D eigenvalue weighted by atomic mass is 10.3. The van der Waals surface area contributed by atoms with Gasteiger partial charge >= 0.3 is 6.01 Å². The molecule has 1 aromatic carbocycles. The van der Waals surface area contributed by atoms with Gasteiger partial charge in [0.1, 0.15) is 6.33 Å². The molecule has 0 unspecified atom stereocenters. The Hall–Kier alpha value is -2.70. The summed E-state index contributed by atoms with van der Waals surface area (Å²) in [5, 5.41) is 0. The molecule has 102 valence electrons. The van der Waals surface area contributed by atoms with Crippen LogP contribution in [0.4, 0.5) is 5.95 Å². The van der Waals surface area contributed by atoms with Gasteiger partial charge in [0.05, 0.1) is 17.1 Å². The number of hydrogen-bond acceptors (Lipinski definition) is 6. The molecular weight excluding hydrogens is 256 g/mol. The topological polar surface area (TPSA) is 91.7 Å². The zero-order valence-electron chi connectivity index (χ0n) is 11.2. The van der Waals surface area contributed by atoms with E-state index in [-0.39, 0.29) is 18.1 Å². The average Bonchev–Trinajstić information content (AvgIpc) is 2.80. The number of para-hydroxylation sites is 2. The molecule has 0 saturated heterocycles. The molecule has 0 amide bonds. The molecule has 3 rings (SSSR count). The van der Waals surface area contributed by atoms with E-state index in [1.54, 1.807) is 10.9 Å². The molecule has 0 aliphatic heterocycles. The maximum atomic E-state index is 5.71. The second kappa shape index (κ2) is 4.76. The summed E-state index contributed by atoms with van der Waals surface area (Å²) in [6, 6.07) is 7.92. The largest absolute Gasteiger partial charge is 0.461 e. The van der Waals surface area contributed by atoms with E-state index in [0.29, 0.717) is 5.95 Å². The Labute approximate surface area is 115 Å². The Balaban J connectivity index is 2.11. The summed E-state index contributed by atoms with van der Waals surface area (Å²) in [7, 11) is 0. The highest BCUT2D eigenvalue weighted by Gasteiger charge is 2.11. The van der Waals surface area contributed by atoms with Crippen LogP contribution in [-0.2, 0) is 0 Å². The molecule has 0 aliphatic carbocycles. The zero-order chi connectivity index (χ0) is 14.1. The van der Waals surface area contributed by atoms with E-state index >= 15 is 0 Å². The summed E-state index contributed by atoms with van der Waals surface area (Å²) in [4.78, 5) is 16.7. The fraction of sp³-hybridized carbons (Fsp3) is 0.231. The van der Waals surface area contributed by atoms with Crippen molar-refractivity contribution >= 4 is 17.0 Å². The van der Waals surface area contributed by atoms with Crippen LogP contribution >= 0.6 is 0 Å². The summed E-state index contributed by atoms with van der Waals surface area (Å²) in [6.07, 6.45) is 1.61. The van der Waals surface area contributed by atoms with Gasteiger partial charge in [0, 0.05) is 0 Å². The van der Waals surface area contributed by atoms with Crippen molar-refractivity contribution in [1.29, 1.82) is 0 Å². The van der Waals surface area contributed by atoms with E-state index < -0.39 is 0 Å². The Kier molecular flexibility index (Phi) is 2.94. The summed E-state index contributed by atoms with van der Waals surface area (Å²) >= 11 is 0. The molecule has 2 N–H and O–H groups in total. The molecule has 2 heterocycles. The molecule has 0 bridgehead atoms. The van der Waals surface area contributed by atoms with Crippen LogP contribution in [-0.4, -0.2) is 30.6 Å². The molecule has 0 saturated carbocycles. The molecule has 0 radical (unpaired) electrons. The third kappa shape index (κ3) is 2.25. The van der Waals surface area contributed by atoms with Crippen molar-refractivity contribution in [2.75, 3.05) is 5.73 Å². The van der Waals surface area contributed by atoms with Crippen LogP contribution in [0.5, 0.6) is 6.01 Å². The van der Waals surface area contributed by atoms with Crippen LogP contribution < -0.4 is 10.5 Å². The maximum Gasteiger partial charge on any atom is 0.323 e. The maximum absolute atomic E-state index is 5.71. The predicted octanol–water partition coefficient (Wildman–Crippen LogP) is 1.58. The van der Waals surface area contributed by atoms with Gasteiger partial charge in [-0.2, -0.15) is 15.0 Å². The first kappa shape index (κ1) is 12.3. The second-order valence-electron chi connectivity index (χ2n) is 4.55. The smallest absolute Gasteiger partial charge is 0.323 e. The van der Waals surface area contributed by atoms with Crippen LogP contribution in [0, 0.1) is 0 Å². The van der Waals surface area contributed by atoms with Crippen LogP contribution in [0.2, 0.25) is 0 Å². The van der Waals surface area contributed by atoms with Crippen molar-refractivity contribution in [3.8, 4) is 12.0 Å². The number of nitrogens with zero attached hydrogens (tertiary/aromatic N) is 5. The van der Waals surface area contributed by atoms with E-state index in [4.69, 9.17) is 10.5 Å². The third-order valence-corrected chi connectivity index (χ3v) is 2.63. The van der Waals surface area contributed by atoms with Gasteiger partial charge in [0.15, 0.2) is 0 Å². The van der Waals surface area contributed by atoms with Gasteiger partial charge in [0.2, 0.25) is 11.9 Å². The quantitative estimate of drug-likeness (QED) is 0.776. The van der Waals surface area contributed by atoms with Gasteiger partial charge in [-0.05, 0) is 26.0 Å². The van der Waals surface area contributed by atoms with E-state index in [2.05, 4.69) is 19.9 Å². The number of fused-ring (bicyclic) bond motifs is 1.